The molecular formula is C26H29N2O7+. The van der Waals surface area contributed by atoms with Crippen LogP contribution in [0.25, 0.3) is 5.57 Å². The third-order valence-corrected chi connectivity index (χ3v) is 6.11. The molecule has 0 saturated carbocycles. The summed E-state index contributed by atoms with van der Waals surface area (Å²) < 4.78 is 1.74. The second-order valence-corrected chi connectivity index (χ2v) is 8.06. The van der Waals surface area contributed by atoms with E-state index in [1.165, 1.54) is 24.3 Å². The summed E-state index contributed by atoms with van der Waals surface area (Å²) in [5, 5.41) is 41.1. The van der Waals surface area contributed by atoms with Gasteiger partial charge >= 0.3 is 5.97 Å². The highest BCUT2D eigenvalue weighted by molar-refractivity contribution is 6.63. The van der Waals surface area contributed by atoms with E-state index in [-0.39, 0.29) is 46.8 Å². The molecule has 9 heteroatoms. The second-order valence-electron chi connectivity index (χ2n) is 8.06. The number of benzene rings is 1. The van der Waals surface area contributed by atoms with Crippen LogP contribution in [0.1, 0.15) is 32.8 Å². The number of aliphatic hydroxyl groups excluding tert-OH is 2. The third kappa shape index (κ3) is 4.89. The summed E-state index contributed by atoms with van der Waals surface area (Å²) >= 11 is 0. The van der Waals surface area contributed by atoms with E-state index in [4.69, 9.17) is 5.11 Å². The average molecular weight is 482 g/mol. The molecule has 0 aromatic heterocycles. The summed E-state index contributed by atoms with van der Waals surface area (Å²) in [4.78, 5) is 38.5. The molecule has 0 fully saturated rings. The molecule has 1 aromatic carbocycles. The molecule has 0 atom stereocenters. The number of allylic oxidation sites excluding steroid dienone is 5. The Balaban J connectivity index is 2.06. The van der Waals surface area contributed by atoms with Gasteiger partial charge in [0.05, 0.1) is 17.2 Å². The van der Waals surface area contributed by atoms with E-state index < -0.39 is 23.3 Å². The minimum Gasteiger partial charge on any atom is -0.507 e. The first-order chi connectivity index (χ1) is 16.6. The summed E-state index contributed by atoms with van der Waals surface area (Å²) in [6.45, 7) is 7.88. The van der Waals surface area contributed by atoms with Crippen LogP contribution in [0.15, 0.2) is 59.1 Å². The Hall–Kier alpha value is -4.14. The standard InChI is InChI=1S/C26H28N2O7/c1-4-27(5-2)15-7-9-17(19(29)13-15)22-24(33)23(26(35)25(22)34)18-10-8-16(14-20(18)30)28(6-3)12-11-21(31)32/h7-10,13-14H,4-6,11-12H2,1-3H3,(H3,29,30,31,32,33,34,35)/p+1. The zero-order valence-corrected chi connectivity index (χ0v) is 19.9. The number of aliphatic carboxylic acids is 1. The van der Waals surface area contributed by atoms with E-state index in [9.17, 15) is 29.7 Å². The van der Waals surface area contributed by atoms with Crippen molar-refractivity contribution < 1.29 is 39.4 Å². The molecule has 184 valence electrons. The van der Waals surface area contributed by atoms with Crippen LogP contribution in [0.5, 0.6) is 5.75 Å². The minimum atomic E-state index is -0.994. The topological polar surface area (TPSA) is 138 Å². The highest BCUT2D eigenvalue weighted by Gasteiger charge is 2.41. The Morgan fingerprint density at radius 1 is 0.971 bits per heavy atom. The van der Waals surface area contributed by atoms with Crippen molar-refractivity contribution in [3.63, 3.8) is 0 Å². The first-order valence-electron chi connectivity index (χ1n) is 11.4. The van der Waals surface area contributed by atoms with E-state index in [1.807, 2.05) is 25.7 Å². The quantitative estimate of drug-likeness (QED) is 0.253. The zero-order valence-electron chi connectivity index (χ0n) is 19.9. The lowest BCUT2D eigenvalue weighted by Crippen LogP contribution is -2.23. The largest absolute Gasteiger partial charge is 0.507 e. The van der Waals surface area contributed by atoms with Crippen molar-refractivity contribution in [2.75, 3.05) is 31.1 Å². The van der Waals surface area contributed by atoms with Gasteiger partial charge in [0, 0.05) is 42.1 Å². The molecule has 3 rings (SSSR count). The van der Waals surface area contributed by atoms with Crippen molar-refractivity contribution in [2.45, 2.75) is 27.2 Å². The molecule has 1 aromatic rings. The summed E-state index contributed by atoms with van der Waals surface area (Å²) in [6.07, 6.45) is 4.24. The lowest BCUT2D eigenvalue weighted by molar-refractivity contribution is -0.522. The Morgan fingerprint density at radius 3 is 2.17 bits per heavy atom. The molecule has 0 radical (unpaired) electrons. The number of carboxylic acid groups (broad SMARTS) is 1. The molecule has 0 aliphatic heterocycles. The van der Waals surface area contributed by atoms with Gasteiger partial charge in [0.2, 0.25) is 17.3 Å². The van der Waals surface area contributed by atoms with Crippen molar-refractivity contribution in [3.8, 4) is 5.75 Å². The Kier molecular flexibility index (Phi) is 7.58. The van der Waals surface area contributed by atoms with Gasteiger partial charge in [-0.25, -0.2) is 4.58 Å². The van der Waals surface area contributed by atoms with Crippen LogP contribution in [0.2, 0.25) is 0 Å². The molecular weight excluding hydrogens is 452 g/mol. The summed E-state index contributed by atoms with van der Waals surface area (Å²) in [5.74, 6) is -4.15. The average Bonchev–Trinajstić information content (AvgIpc) is 3.03. The highest BCUT2D eigenvalue weighted by Crippen LogP contribution is 2.39. The maximum atomic E-state index is 12.8. The van der Waals surface area contributed by atoms with Gasteiger partial charge < -0.3 is 25.3 Å². The SMILES string of the molecule is CCN(CC)c1ccc(C2=C(O)C(=C3C=CC(=[N+](CC)CCC(=O)O)C=C3O)C(=O)C2=O)c(O)c1. The molecule has 0 heterocycles. The normalized spacial score (nSPS) is 19.3. The van der Waals surface area contributed by atoms with Crippen LogP contribution in [0.3, 0.4) is 0 Å². The van der Waals surface area contributed by atoms with Crippen molar-refractivity contribution in [1.82, 2.24) is 0 Å². The van der Waals surface area contributed by atoms with Crippen LogP contribution in [0.4, 0.5) is 5.69 Å². The molecule has 4 N–H and O–H groups in total. The number of carbonyl (C=O) groups excluding carboxylic acids is 2. The highest BCUT2D eigenvalue weighted by atomic mass is 16.4. The van der Waals surface area contributed by atoms with E-state index in [0.29, 0.717) is 25.3 Å². The number of aromatic hydroxyl groups is 1. The van der Waals surface area contributed by atoms with E-state index in [1.54, 1.807) is 16.7 Å². The Morgan fingerprint density at radius 2 is 1.63 bits per heavy atom. The van der Waals surface area contributed by atoms with Crippen LogP contribution >= 0.6 is 0 Å². The van der Waals surface area contributed by atoms with Gasteiger partial charge in [0.25, 0.3) is 0 Å². The summed E-state index contributed by atoms with van der Waals surface area (Å²) in [5.41, 5.74) is 0.569. The van der Waals surface area contributed by atoms with E-state index >= 15 is 0 Å². The number of carbonyl (C=O) groups is 3. The number of phenols is 1. The maximum Gasteiger partial charge on any atom is 0.309 e. The van der Waals surface area contributed by atoms with Crippen molar-refractivity contribution in [1.29, 1.82) is 0 Å². The second kappa shape index (κ2) is 10.4. The predicted molar refractivity (Wildman–Crippen MR) is 131 cm³/mol. The minimum absolute atomic E-state index is 0.0219. The number of phenolic OH excluding ortho intramolecular Hbond substituents is 1. The molecule has 9 nitrogen and oxygen atoms in total. The number of anilines is 1. The molecule has 0 bridgehead atoms. The number of carboxylic acids is 1. The molecule has 0 unspecified atom stereocenters. The molecule has 35 heavy (non-hydrogen) atoms. The van der Waals surface area contributed by atoms with Gasteiger partial charge in [-0.2, -0.15) is 0 Å². The molecule has 0 saturated heterocycles. The number of hydrogen-bond donors (Lipinski definition) is 4. The fraction of sp³-hybridized carbons (Fsp3) is 0.308. The van der Waals surface area contributed by atoms with Gasteiger partial charge in [-0.05, 0) is 39.0 Å². The van der Waals surface area contributed by atoms with Gasteiger partial charge in [-0.1, -0.05) is 0 Å². The van der Waals surface area contributed by atoms with E-state index in [0.717, 1.165) is 5.69 Å². The van der Waals surface area contributed by atoms with Crippen molar-refractivity contribution in [3.05, 3.63) is 64.7 Å². The Labute approximate surface area is 202 Å². The number of aliphatic hydroxyl groups is 2. The first kappa shape index (κ1) is 25.5. The summed E-state index contributed by atoms with van der Waals surface area (Å²) in [7, 11) is 0. The summed E-state index contributed by atoms with van der Waals surface area (Å²) in [6, 6.07) is 4.65. The monoisotopic (exact) mass is 481 g/mol. The van der Waals surface area contributed by atoms with Crippen LogP contribution in [-0.2, 0) is 14.4 Å². The molecule has 2 aliphatic carbocycles. The number of Topliss-reactive ketones (excluding diaryl/α,β-unsaturated/α-hetero) is 2. The molecule has 0 spiro atoms. The smallest absolute Gasteiger partial charge is 0.309 e. The van der Waals surface area contributed by atoms with Crippen LogP contribution < -0.4 is 4.90 Å². The third-order valence-electron chi connectivity index (χ3n) is 6.11. The number of hydrogen-bond acceptors (Lipinski definition) is 7. The Bertz CT molecular complexity index is 1240. The fourth-order valence-electron chi connectivity index (χ4n) is 4.21. The molecule has 2 aliphatic rings. The van der Waals surface area contributed by atoms with Gasteiger partial charge in [-0.3, -0.25) is 14.4 Å². The predicted octanol–water partition coefficient (Wildman–Crippen LogP) is 2.92. The van der Waals surface area contributed by atoms with Crippen LogP contribution in [-0.4, -0.2) is 74.4 Å². The van der Waals surface area contributed by atoms with Crippen LogP contribution in [0, 0.1) is 0 Å². The van der Waals surface area contributed by atoms with Crippen molar-refractivity contribution in [2.24, 2.45) is 0 Å². The number of rotatable bonds is 8. The van der Waals surface area contributed by atoms with Gasteiger partial charge in [0.15, 0.2) is 6.54 Å². The van der Waals surface area contributed by atoms with Crippen molar-refractivity contribution >= 4 is 34.5 Å². The fourth-order valence-corrected chi connectivity index (χ4v) is 4.21. The zero-order chi connectivity index (χ0) is 25.9. The number of nitrogens with zero attached hydrogens (tertiary/aromatic N) is 2. The number of ketones is 2. The lowest BCUT2D eigenvalue weighted by atomic mass is 9.98. The van der Waals surface area contributed by atoms with E-state index in [2.05, 4.69) is 0 Å². The lowest BCUT2D eigenvalue weighted by Gasteiger charge is -2.21. The maximum absolute atomic E-state index is 12.8. The molecule has 0 amide bonds. The first-order valence-corrected chi connectivity index (χ1v) is 11.4. The van der Waals surface area contributed by atoms with Gasteiger partial charge in [0.1, 0.15) is 30.2 Å². The van der Waals surface area contributed by atoms with Gasteiger partial charge in [-0.15, -0.1) is 0 Å².